The second-order valence-electron chi connectivity index (χ2n) is 7.55. The van der Waals surface area contributed by atoms with Crippen LogP contribution in [-0.2, 0) is 9.53 Å². The standard InChI is InChI=1S/C25H21N3O6S/c1-4-27-23(29)22(35-25(27)26-17-7-5-16(6-8-17)24(30)33-3)14-19-10-12-21(34-19)20-11-9-18(28(31)32)13-15(20)2/h5-14H,4H2,1-3H3/b22-14+,26-25?. The number of amides is 1. The van der Waals surface area contributed by atoms with Crippen molar-refractivity contribution in [2.24, 2.45) is 4.99 Å². The van der Waals surface area contributed by atoms with E-state index in [0.29, 0.717) is 45.0 Å². The van der Waals surface area contributed by atoms with Gasteiger partial charge in [0.15, 0.2) is 5.17 Å². The molecule has 0 aliphatic carbocycles. The molecular weight excluding hydrogens is 470 g/mol. The lowest BCUT2D eigenvalue weighted by molar-refractivity contribution is -0.384. The van der Waals surface area contributed by atoms with E-state index in [4.69, 9.17) is 9.15 Å². The molecule has 178 valence electrons. The van der Waals surface area contributed by atoms with Crippen LogP contribution in [0.2, 0.25) is 0 Å². The number of non-ortho nitro benzene ring substituents is 1. The Morgan fingerprint density at radius 3 is 2.57 bits per heavy atom. The number of likely N-dealkylation sites (N-methyl/N-ethyl adjacent to an activating group) is 1. The predicted octanol–water partition coefficient (Wildman–Crippen LogP) is 5.57. The van der Waals surface area contributed by atoms with Crippen LogP contribution < -0.4 is 0 Å². The quantitative estimate of drug-likeness (QED) is 0.191. The minimum absolute atomic E-state index is 0.0134. The molecule has 1 saturated heterocycles. The molecule has 1 aliphatic rings. The molecule has 3 aromatic rings. The zero-order chi connectivity index (χ0) is 25.1. The second kappa shape index (κ2) is 9.98. The number of carbonyl (C=O) groups is 2. The number of benzene rings is 2. The number of nitro groups is 1. The van der Waals surface area contributed by atoms with Gasteiger partial charge in [0.1, 0.15) is 11.5 Å². The summed E-state index contributed by atoms with van der Waals surface area (Å²) in [6.07, 6.45) is 1.66. The molecule has 1 aromatic heterocycles. The number of hydrogen-bond acceptors (Lipinski definition) is 8. The Morgan fingerprint density at radius 1 is 1.20 bits per heavy atom. The first kappa shape index (κ1) is 24.0. The molecule has 0 spiro atoms. The van der Waals surface area contributed by atoms with E-state index < -0.39 is 10.9 Å². The number of carbonyl (C=O) groups excluding carboxylic acids is 2. The van der Waals surface area contributed by atoms with Gasteiger partial charge >= 0.3 is 5.97 Å². The molecule has 0 unspecified atom stereocenters. The van der Waals surface area contributed by atoms with E-state index in [1.807, 2.05) is 6.92 Å². The van der Waals surface area contributed by atoms with Gasteiger partial charge in [0.25, 0.3) is 11.6 Å². The van der Waals surface area contributed by atoms with Gasteiger partial charge in [-0.2, -0.15) is 0 Å². The molecule has 0 radical (unpaired) electrons. The molecule has 0 saturated carbocycles. The average molecular weight is 492 g/mol. The SMILES string of the molecule is CCN1C(=O)/C(=C\c2ccc(-c3ccc([N+](=O)[O-])cc3C)o2)SC1=Nc1ccc(C(=O)OC)cc1. The van der Waals surface area contributed by atoms with Crippen LogP contribution in [0.25, 0.3) is 17.4 Å². The molecule has 2 aromatic carbocycles. The van der Waals surface area contributed by atoms with E-state index in [9.17, 15) is 19.7 Å². The molecule has 0 N–H and O–H groups in total. The van der Waals surface area contributed by atoms with Gasteiger partial charge in [-0.3, -0.25) is 19.8 Å². The van der Waals surface area contributed by atoms with E-state index >= 15 is 0 Å². The van der Waals surface area contributed by atoms with Gasteiger partial charge in [-0.05, 0) is 73.6 Å². The highest BCUT2D eigenvalue weighted by Gasteiger charge is 2.32. The molecule has 1 fully saturated rings. The van der Waals surface area contributed by atoms with Crippen LogP contribution in [0.5, 0.6) is 0 Å². The highest BCUT2D eigenvalue weighted by atomic mass is 32.2. The van der Waals surface area contributed by atoms with Crippen molar-refractivity contribution in [2.45, 2.75) is 13.8 Å². The van der Waals surface area contributed by atoms with Crippen LogP contribution >= 0.6 is 11.8 Å². The van der Waals surface area contributed by atoms with Crippen molar-refractivity contribution >= 4 is 46.3 Å². The number of hydrogen-bond donors (Lipinski definition) is 0. The molecule has 4 rings (SSSR count). The number of ether oxygens (including phenoxy) is 1. The van der Waals surface area contributed by atoms with Crippen molar-refractivity contribution in [3.05, 3.63) is 86.5 Å². The summed E-state index contributed by atoms with van der Waals surface area (Å²) in [6, 6.07) is 14.7. The van der Waals surface area contributed by atoms with Crippen LogP contribution in [-0.4, -0.2) is 40.5 Å². The number of nitro benzene ring substituents is 1. The Bertz CT molecular complexity index is 1370. The number of furan rings is 1. The maximum Gasteiger partial charge on any atom is 0.337 e. The van der Waals surface area contributed by atoms with Crippen LogP contribution in [0.15, 0.2) is 68.9 Å². The predicted molar refractivity (Wildman–Crippen MR) is 133 cm³/mol. The molecule has 1 amide bonds. The molecule has 10 heteroatoms. The average Bonchev–Trinajstić information content (AvgIpc) is 3.43. The molecule has 35 heavy (non-hydrogen) atoms. The van der Waals surface area contributed by atoms with Crippen molar-refractivity contribution in [3.8, 4) is 11.3 Å². The molecule has 1 aliphatic heterocycles. The molecule has 0 atom stereocenters. The first-order valence-electron chi connectivity index (χ1n) is 10.6. The maximum absolute atomic E-state index is 12.9. The summed E-state index contributed by atoms with van der Waals surface area (Å²) < 4.78 is 10.6. The zero-order valence-electron chi connectivity index (χ0n) is 19.2. The Labute approximate surface area is 205 Å². The summed E-state index contributed by atoms with van der Waals surface area (Å²) >= 11 is 1.23. The number of aliphatic imine (C=N–C) groups is 1. The van der Waals surface area contributed by atoms with Gasteiger partial charge in [0.05, 0.1) is 28.2 Å². The number of aryl methyl sites for hydroxylation is 1. The van der Waals surface area contributed by atoms with Gasteiger partial charge in [-0.25, -0.2) is 9.79 Å². The van der Waals surface area contributed by atoms with Crippen molar-refractivity contribution in [3.63, 3.8) is 0 Å². The number of nitrogens with zero attached hydrogens (tertiary/aromatic N) is 3. The van der Waals surface area contributed by atoms with Gasteiger partial charge in [-0.1, -0.05) is 0 Å². The summed E-state index contributed by atoms with van der Waals surface area (Å²) in [5, 5.41) is 11.5. The third kappa shape index (κ3) is 5.02. The van der Waals surface area contributed by atoms with Gasteiger partial charge in [0.2, 0.25) is 0 Å². The summed E-state index contributed by atoms with van der Waals surface area (Å²) in [5.41, 5.74) is 2.47. The molecule has 0 bridgehead atoms. The van der Waals surface area contributed by atoms with Crippen molar-refractivity contribution in [1.82, 2.24) is 4.90 Å². The van der Waals surface area contributed by atoms with E-state index in [1.165, 1.54) is 31.0 Å². The summed E-state index contributed by atoms with van der Waals surface area (Å²) in [7, 11) is 1.32. The lowest BCUT2D eigenvalue weighted by Crippen LogP contribution is -2.28. The minimum Gasteiger partial charge on any atom is -0.465 e. The highest BCUT2D eigenvalue weighted by molar-refractivity contribution is 8.18. The monoisotopic (exact) mass is 491 g/mol. The van der Waals surface area contributed by atoms with E-state index in [0.717, 1.165) is 5.56 Å². The number of thioether (sulfide) groups is 1. The van der Waals surface area contributed by atoms with Crippen LogP contribution in [0.1, 0.15) is 28.6 Å². The first-order chi connectivity index (χ1) is 16.8. The van der Waals surface area contributed by atoms with Crippen LogP contribution in [0.4, 0.5) is 11.4 Å². The fraction of sp³-hybridized carbons (Fsp3) is 0.160. The Morgan fingerprint density at radius 2 is 1.94 bits per heavy atom. The number of esters is 1. The highest BCUT2D eigenvalue weighted by Crippen LogP contribution is 2.35. The lowest BCUT2D eigenvalue weighted by atomic mass is 10.1. The normalized spacial score (nSPS) is 15.7. The zero-order valence-corrected chi connectivity index (χ0v) is 20.0. The molecule has 2 heterocycles. The fourth-order valence-corrected chi connectivity index (χ4v) is 4.56. The van der Waals surface area contributed by atoms with Crippen LogP contribution in [0.3, 0.4) is 0 Å². The maximum atomic E-state index is 12.9. The Hall–Kier alpha value is -4.18. The van der Waals surface area contributed by atoms with E-state index in [1.54, 1.807) is 60.4 Å². The Kier molecular flexibility index (Phi) is 6.83. The third-order valence-electron chi connectivity index (χ3n) is 5.30. The number of amidine groups is 1. The lowest BCUT2D eigenvalue weighted by Gasteiger charge is -2.12. The largest absolute Gasteiger partial charge is 0.465 e. The van der Waals surface area contributed by atoms with E-state index in [2.05, 4.69) is 4.99 Å². The molecular formula is C25H21N3O6S. The van der Waals surface area contributed by atoms with Gasteiger partial charge < -0.3 is 9.15 Å². The topological polar surface area (TPSA) is 115 Å². The van der Waals surface area contributed by atoms with Crippen molar-refractivity contribution in [1.29, 1.82) is 0 Å². The van der Waals surface area contributed by atoms with Crippen molar-refractivity contribution in [2.75, 3.05) is 13.7 Å². The summed E-state index contributed by atoms with van der Waals surface area (Å²) in [4.78, 5) is 41.7. The Balaban J connectivity index is 1.58. The van der Waals surface area contributed by atoms with Gasteiger partial charge in [0, 0.05) is 30.3 Å². The second-order valence-corrected chi connectivity index (χ2v) is 8.56. The number of rotatable bonds is 6. The van der Waals surface area contributed by atoms with E-state index in [-0.39, 0.29) is 11.6 Å². The summed E-state index contributed by atoms with van der Waals surface area (Å²) in [6.45, 7) is 4.08. The third-order valence-corrected chi connectivity index (χ3v) is 6.31. The van der Waals surface area contributed by atoms with Crippen LogP contribution in [0, 0.1) is 17.0 Å². The van der Waals surface area contributed by atoms with Crippen molar-refractivity contribution < 1.29 is 23.7 Å². The fourth-order valence-electron chi connectivity index (χ4n) is 3.51. The molecule has 9 nitrogen and oxygen atoms in total. The number of methoxy groups -OCH3 is 1. The minimum atomic E-state index is -0.441. The van der Waals surface area contributed by atoms with Gasteiger partial charge in [-0.15, -0.1) is 0 Å². The first-order valence-corrected chi connectivity index (χ1v) is 11.5. The summed E-state index contributed by atoms with van der Waals surface area (Å²) in [5.74, 6) is 0.406. The smallest absolute Gasteiger partial charge is 0.337 e.